The van der Waals surface area contributed by atoms with Crippen molar-refractivity contribution in [3.05, 3.63) is 24.3 Å². The van der Waals surface area contributed by atoms with Crippen LogP contribution in [-0.2, 0) is 33.7 Å². The summed E-state index contributed by atoms with van der Waals surface area (Å²) in [6.45, 7) is 6.84. The van der Waals surface area contributed by atoms with E-state index in [2.05, 4.69) is 10.8 Å². The number of anilines is 1. The predicted octanol–water partition coefficient (Wildman–Crippen LogP) is 5.49. The zero-order valence-electron chi connectivity index (χ0n) is 26.9. The van der Waals surface area contributed by atoms with Crippen LogP contribution < -0.4 is 10.8 Å². The lowest BCUT2D eigenvalue weighted by Gasteiger charge is -2.40. The zero-order valence-corrected chi connectivity index (χ0v) is 27.7. The van der Waals surface area contributed by atoms with Crippen LogP contribution in [0.3, 0.4) is 0 Å². The number of hydroxylamine groups is 1. The van der Waals surface area contributed by atoms with Crippen molar-refractivity contribution in [2.45, 2.75) is 126 Å². The van der Waals surface area contributed by atoms with E-state index in [1.165, 1.54) is 12.1 Å². The summed E-state index contributed by atoms with van der Waals surface area (Å²) in [5, 5.41) is 2.93. The number of hydrogen-bond acceptors (Lipinski definition) is 8. The van der Waals surface area contributed by atoms with Gasteiger partial charge in [0.15, 0.2) is 20.9 Å². The SMILES string of the molecule is CC(C)(C)OC(=O)N1CCC2(CC1)CCC(C(=O)NOC1CCCCO1)(S(=O)(=O)c1ccc(NC(=O)C3CCCCC3)cc1)C2. The molecule has 2 unspecified atom stereocenters. The van der Waals surface area contributed by atoms with Crippen molar-refractivity contribution < 1.29 is 37.1 Å². The summed E-state index contributed by atoms with van der Waals surface area (Å²) in [5.41, 5.74) is 1.95. The van der Waals surface area contributed by atoms with Crippen molar-refractivity contribution in [2.75, 3.05) is 25.0 Å². The predicted molar refractivity (Wildman–Crippen MR) is 168 cm³/mol. The van der Waals surface area contributed by atoms with E-state index in [0.717, 1.165) is 44.9 Å². The van der Waals surface area contributed by atoms with Crippen LogP contribution in [-0.4, -0.2) is 67.6 Å². The molecule has 5 rings (SSSR count). The second-order valence-corrected chi connectivity index (χ2v) is 16.6. The normalized spacial score (nSPS) is 25.9. The summed E-state index contributed by atoms with van der Waals surface area (Å²) in [7, 11) is -4.20. The third-order valence-corrected chi connectivity index (χ3v) is 12.4. The number of nitrogens with zero attached hydrogens (tertiary/aromatic N) is 1. The van der Waals surface area contributed by atoms with Crippen LogP contribution in [0.5, 0.6) is 0 Å². The molecule has 1 spiro atoms. The molecule has 0 aromatic heterocycles. The minimum atomic E-state index is -4.20. The number of likely N-dealkylation sites (tertiary alicyclic amines) is 1. The number of piperidine rings is 1. The first-order chi connectivity index (χ1) is 21.3. The number of carbonyl (C=O) groups excluding carboxylic acids is 3. The molecule has 2 atom stereocenters. The maximum atomic E-state index is 14.5. The number of sulfone groups is 1. The summed E-state index contributed by atoms with van der Waals surface area (Å²) in [5.74, 6) is -0.768. The number of amides is 3. The van der Waals surface area contributed by atoms with Gasteiger partial charge in [-0.2, -0.15) is 0 Å². The summed E-state index contributed by atoms with van der Waals surface area (Å²) >= 11 is 0. The van der Waals surface area contributed by atoms with Gasteiger partial charge >= 0.3 is 6.09 Å². The molecule has 11 nitrogen and oxygen atoms in total. The number of carbonyl (C=O) groups is 3. The summed E-state index contributed by atoms with van der Waals surface area (Å²) < 4.78 is 38.3. The van der Waals surface area contributed by atoms with Gasteiger partial charge in [-0.05, 0) is 108 Å². The molecule has 2 heterocycles. The fourth-order valence-corrected chi connectivity index (χ4v) is 9.38. The summed E-state index contributed by atoms with van der Waals surface area (Å²) in [4.78, 5) is 46.7. The Kier molecular flexibility index (Phi) is 10.2. The fraction of sp³-hybridized carbons (Fsp3) is 0.727. The van der Waals surface area contributed by atoms with Gasteiger partial charge < -0.3 is 19.7 Å². The Morgan fingerprint density at radius 2 is 1.58 bits per heavy atom. The van der Waals surface area contributed by atoms with Crippen LogP contribution >= 0.6 is 0 Å². The quantitative estimate of drug-likeness (QED) is 0.370. The van der Waals surface area contributed by atoms with E-state index in [1.54, 1.807) is 17.0 Å². The molecular formula is C33H49N3O8S. The fourth-order valence-electron chi connectivity index (χ4n) is 7.28. The van der Waals surface area contributed by atoms with Gasteiger partial charge in [-0.3, -0.25) is 9.59 Å². The third kappa shape index (κ3) is 7.65. The van der Waals surface area contributed by atoms with Crippen LogP contribution in [0.1, 0.15) is 104 Å². The first-order valence-corrected chi connectivity index (χ1v) is 18.0. The first kappa shape index (κ1) is 33.7. The highest BCUT2D eigenvalue weighted by Crippen LogP contribution is 2.55. The highest BCUT2D eigenvalue weighted by Gasteiger charge is 2.61. The lowest BCUT2D eigenvalue weighted by Crippen LogP contribution is -2.53. The molecule has 45 heavy (non-hydrogen) atoms. The molecule has 1 aromatic rings. The minimum absolute atomic E-state index is 0.0190. The zero-order chi connectivity index (χ0) is 32.3. The Balaban J connectivity index is 1.34. The lowest BCUT2D eigenvalue weighted by molar-refractivity contribution is -0.201. The van der Waals surface area contributed by atoms with Crippen LogP contribution in [0.4, 0.5) is 10.5 Å². The number of benzene rings is 1. The minimum Gasteiger partial charge on any atom is -0.444 e. The number of ether oxygens (including phenoxy) is 2. The molecule has 4 aliphatic rings. The highest BCUT2D eigenvalue weighted by molar-refractivity contribution is 7.93. The number of nitrogens with one attached hydrogen (secondary N) is 2. The number of hydrogen-bond donors (Lipinski definition) is 2. The number of rotatable bonds is 7. The van der Waals surface area contributed by atoms with Crippen LogP contribution in [0, 0.1) is 11.3 Å². The van der Waals surface area contributed by atoms with Gasteiger partial charge in [0.25, 0.3) is 5.91 Å². The van der Waals surface area contributed by atoms with Crippen LogP contribution in [0.15, 0.2) is 29.2 Å². The molecule has 2 aliphatic carbocycles. The van der Waals surface area contributed by atoms with E-state index in [4.69, 9.17) is 14.3 Å². The maximum absolute atomic E-state index is 14.5. The van der Waals surface area contributed by atoms with Gasteiger partial charge in [0.2, 0.25) is 5.91 Å². The van der Waals surface area contributed by atoms with Gasteiger partial charge in [-0.25, -0.2) is 23.5 Å². The largest absolute Gasteiger partial charge is 0.444 e. The van der Waals surface area contributed by atoms with E-state index >= 15 is 0 Å². The molecule has 0 radical (unpaired) electrons. The molecule has 3 amide bonds. The van der Waals surface area contributed by atoms with E-state index in [9.17, 15) is 22.8 Å². The van der Waals surface area contributed by atoms with Gasteiger partial charge in [0.05, 0.1) is 4.90 Å². The molecule has 1 aromatic carbocycles. The van der Waals surface area contributed by atoms with E-state index in [1.807, 2.05) is 20.8 Å². The Labute approximate surface area is 267 Å². The van der Waals surface area contributed by atoms with Crippen molar-refractivity contribution in [1.82, 2.24) is 10.4 Å². The maximum Gasteiger partial charge on any atom is 0.410 e. The van der Waals surface area contributed by atoms with Gasteiger partial charge in [-0.15, -0.1) is 0 Å². The Hall–Kier alpha value is -2.70. The molecule has 2 saturated heterocycles. The molecular weight excluding hydrogens is 598 g/mol. The van der Waals surface area contributed by atoms with E-state index in [-0.39, 0.29) is 35.7 Å². The van der Waals surface area contributed by atoms with Gasteiger partial charge in [0, 0.05) is 37.7 Å². The second kappa shape index (κ2) is 13.6. The standard InChI is InChI=1S/C33H49N3O8S/c1-31(2,3)43-30(39)36-20-18-32(19-21-36)16-17-33(23-32,29(38)35-44-27-11-7-8-22-42-27)45(40,41)26-14-12-25(13-15-26)34-28(37)24-9-5-4-6-10-24/h12-15,24,27H,4-11,16-23H2,1-3H3,(H,34,37)(H,35,38). The van der Waals surface area contributed by atoms with Crippen LogP contribution in [0.25, 0.3) is 0 Å². The molecule has 2 saturated carbocycles. The van der Waals surface area contributed by atoms with Crippen molar-refractivity contribution in [1.29, 1.82) is 0 Å². The average molecular weight is 648 g/mol. The van der Waals surface area contributed by atoms with Gasteiger partial charge in [-0.1, -0.05) is 19.3 Å². The monoisotopic (exact) mass is 647 g/mol. The van der Waals surface area contributed by atoms with Crippen molar-refractivity contribution in [3.8, 4) is 0 Å². The molecule has 2 aliphatic heterocycles. The van der Waals surface area contributed by atoms with E-state index < -0.39 is 37.8 Å². The topological polar surface area (TPSA) is 140 Å². The smallest absolute Gasteiger partial charge is 0.410 e. The molecule has 250 valence electrons. The Morgan fingerprint density at radius 3 is 2.20 bits per heavy atom. The Bertz CT molecular complexity index is 1320. The summed E-state index contributed by atoms with van der Waals surface area (Å²) in [6, 6.07) is 6.13. The second-order valence-electron chi connectivity index (χ2n) is 14.3. The summed E-state index contributed by atoms with van der Waals surface area (Å²) in [6.07, 6.45) is 8.25. The lowest BCUT2D eigenvalue weighted by atomic mass is 9.76. The van der Waals surface area contributed by atoms with Crippen molar-refractivity contribution in [3.63, 3.8) is 0 Å². The van der Waals surface area contributed by atoms with Crippen molar-refractivity contribution in [2.24, 2.45) is 11.3 Å². The molecule has 2 N–H and O–H groups in total. The average Bonchev–Trinajstić information content (AvgIpc) is 3.41. The van der Waals surface area contributed by atoms with Crippen LogP contribution in [0.2, 0.25) is 0 Å². The van der Waals surface area contributed by atoms with E-state index in [0.29, 0.717) is 51.1 Å². The van der Waals surface area contributed by atoms with Crippen molar-refractivity contribution >= 4 is 33.4 Å². The third-order valence-electron chi connectivity index (χ3n) is 9.95. The highest BCUT2D eigenvalue weighted by atomic mass is 32.2. The molecule has 0 bridgehead atoms. The Morgan fingerprint density at radius 1 is 0.911 bits per heavy atom. The van der Waals surface area contributed by atoms with Gasteiger partial charge in [0.1, 0.15) is 5.60 Å². The molecule has 4 fully saturated rings. The molecule has 12 heteroatoms. The first-order valence-electron chi connectivity index (χ1n) is 16.5.